The van der Waals surface area contributed by atoms with E-state index >= 15 is 0 Å². The van der Waals surface area contributed by atoms with Gasteiger partial charge in [-0.25, -0.2) is 0 Å². The van der Waals surface area contributed by atoms with E-state index in [1.54, 1.807) is 17.2 Å². The number of rotatable bonds is 2. The number of nitro benzene ring substituents is 1. The minimum absolute atomic E-state index is 0.0188. The highest BCUT2D eigenvalue weighted by Gasteiger charge is 2.24. The van der Waals surface area contributed by atoms with Gasteiger partial charge >= 0.3 is 0 Å². The number of carbonyl (C=O) groups is 1. The second kappa shape index (κ2) is 6.40. The van der Waals surface area contributed by atoms with Crippen molar-refractivity contribution in [1.82, 2.24) is 0 Å². The van der Waals surface area contributed by atoms with Crippen LogP contribution in [-0.2, 0) is 0 Å². The first-order chi connectivity index (χ1) is 12.6. The molecule has 4 rings (SSSR count). The van der Waals surface area contributed by atoms with E-state index in [4.69, 9.17) is 0 Å². The highest BCUT2D eigenvalue weighted by molar-refractivity contribution is 6.15. The quantitative estimate of drug-likeness (QED) is 0.523. The highest BCUT2D eigenvalue weighted by Crippen LogP contribution is 2.28. The molecule has 3 aromatic carbocycles. The summed E-state index contributed by atoms with van der Waals surface area (Å²) in [5.74, 6) is -0.137. The number of benzene rings is 3. The molecule has 1 amide bonds. The van der Waals surface area contributed by atoms with E-state index in [0.717, 1.165) is 10.8 Å². The fraction of sp³-hybridized carbons (Fsp3) is 0.100. The Balaban J connectivity index is 1.81. The number of non-ortho nitro benzene ring substituents is 1. The molecule has 0 aliphatic carbocycles. The summed E-state index contributed by atoms with van der Waals surface area (Å²) >= 11 is 0. The molecule has 0 saturated heterocycles. The number of fused-ring (bicyclic) bond motifs is 2. The van der Waals surface area contributed by atoms with Gasteiger partial charge in [0.1, 0.15) is 0 Å². The lowest BCUT2D eigenvalue weighted by Gasteiger charge is -2.23. The summed E-state index contributed by atoms with van der Waals surface area (Å²) in [7, 11) is 0. The van der Waals surface area contributed by atoms with Crippen molar-refractivity contribution >= 4 is 34.3 Å². The summed E-state index contributed by atoms with van der Waals surface area (Å²) in [6.07, 6.45) is 1.60. The van der Waals surface area contributed by atoms with Gasteiger partial charge in [-0.2, -0.15) is 0 Å². The van der Waals surface area contributed by atoms with Gasteiger partial charge in [-0.05, 0) is 22.9 Å². The van der Waals surface area contributed by atoms with Crippen molar-refractivity contribution in [3.63, 3.8) is 0 Å². The molecule has 6 nitrogen and oxygen atoms in total. The molecule has 0 aromatic heterocycles. The van der Waals surface area contributed by atoms with Crippen LogP contribution in [0.5, 0.6) is 0 Å². The topological polar surface area (TPSA) is 75.8 Å². The van der Waals surface area contributed by atoms with Crippen LogP contribution in [0.15, 0.2) is 65.7 Å². The molecule has 0 N–H and O–H groups in total. The summed E-state index contributed by atoms with van der Waals surface area (Å²) in [5, 5.41) is 12.9. The first-order valence-corrected chi connectivity index (χ1v) is 8.23. The smallest absolute Gasteiger partial charge is 0.270 e. The first-order valence-electron chi connectivity index (χ1n) is 8.23. The van der Waals surface area contributed by atoms with E-state index in [-0.39, 0.29) is 11.6 Å². The lowest BCUT2D eigenvalue weighted by molar-refractivity contribution is -0.384. The second-order valence-electron chi connectivity index (χ2n) is 6.02. The van der Waals surface area contributed by atoms with Crippen molar-refractivity contribution in [3.8, 4) is 0 Å². The second-order valence-corrected chi connectivity index (χ2v) is 6.02. The number of benzodiazepines with no additional fused rings is 1. The van der Waals surface area contributed by atoms with Gasteiger partial charge in [-0.15, -0.1) is 0 Å². The number of amides is 1. The summed E-state index contributed by atoms with van der Waals surface area (Å²) in [5.41, 5.74) is 1.80. The number of aliphatic imine (C=N–C) groups is 1. The van der Waals surface area contributed by atoms with E-state index in [1.807, 2.05) is 42.5 Å². The summed E-state index contributed by atoms with van der Waals surface area (Å²) in [6.45, 7) is 0.863. The number of nitrogens with zero attached hydrogens (tertiary/aromatic N) is 3. The Labute approximate surface area is 149 Å². The van der Waals surface area contributed by atoms with Crippen molar-refractivity contribution in [2.45, 2.75) is 0 Å². The molecule has 1 heterocycles. The van der Waals surface area contributed by atoms with E-state index in [9.17, 15) is 14.9 Å². The number of anilines is 1. The van der Waals surface area contributed by atoms with Gasteiger partial charge in [-0.1, -0.05) is 36.4 Å². The monoisotopic (exact) mass is 345 g/mol. The lowest BCUT2D eigenvalue weighted by Crippen LogP contribution is -2.33. The third-order valence-electron chi connectivity index (χ3n) is 4.46. The molecular weight excluding hydrogens is 330 g/mol. The number of nitro groups is 1. The average Bonchev–Trinajstić information content (AvgIpc) is 2.88. The number of carbonyl (C=O) groups excluding carboxylic acids is 1. The van der Waals surface area contributed by atoms with Crippen molar-refractivity contribution in [3.05, 3.63) is 81.9 Å². The Bertz CT molecular complexity index is 1050. The molecule has 3 aromatic rings. The molecule has 0 bridgehead atoms. The summed E-state index contributed by atoms with van der Waals surface area (Å²) in [6, 6.07) is 17.9. The fourth-order valence-electron chi connectivity index (χ4n) is 3.21. The molecule has 0 unspecified atom stereocenters. The Kier molecular flexibility index (Phi) is 3.93. The Morgan fingerprint density at radius 3 is 2.73 bits per heavy atom. The van der Waals surface area contributed by atoms with Crippen LogP contribution >= 0.6 is 0 Å². The third-order valence-corrected chi connectivity index (χ3v) is 4.46. The molecule has 128 valence electrons. The normalized spacial score (nSPS) is 13.3. The SMILES string of the molecule is O=C(c1cccc2ccccc12)N1CCN=Cc2cc([N+](=O)[O-])ccc21. The van der Waals surface area contributed by atoms with Crippen molar-refractivity contribution in [2.75, 3.05) is 18.0 Å². The van der Waals surface area contributed by atoms with Crippen LogP contribution in [0.25, 0.3) is 10.8 Å². The van der Waals surface area contributed by atoms with E-state index in [1.165, 1.54) is 12.1 Å². The maximum atomic E-state index is 13.3. The Hall–Kier alpha value is -3.54. The van der Waals surface area contributed by atoms with Gasteiger partial charge in [0.2, 0.25) is 0 Å². The number of hydrogen-bond donors (Lipinski definition) is 0. The summed E-state index contributed by atoms with van der Waals surface area (Å²) < 4.78 is 0. The van der Waals surface area contributed by atoms with E-state index < -0.39 is 4.92 Å². The van der Waals surface area contributed by atoms with Crippen LogP contribution in [0.2, 0.25) is 0 Å². The zero-order valence-electron chi connectivity index (χ0n) is 13.8. The van der Waals surface area contributed by atoms with Gasteiger partial charge in [0, 0.05) is 36.0 Å². The molecular formula is C20H15N3O3. The third kappa shape index (κ3) is 2.71. The van der Waals surface area contributed by atoms with Crippen LogP contribution in [-0.4, -0.2) is 30.1 Å². The Morgan fingerprint density at radius 2 is 1.88 bits per heavy atom. The molecule has 6 heteroatoms. The highest BCUT2D eigenvalue weighted by atomic mass is 16.6. The van der Waals surface area contributed by atoms with Crippen molar-refractivity contribution < 1.29 is 9.72 Å². The summed E-state index contributed by atoms with van der Waals surface area (Å²) in [4.78, 5) is 29.8. The van der Waals surface area contributed by atoms with Gasteiger partial charge in [-0.3, -0.25) is 19.9 Å². The van der Waals surface area contributed by atoms with E-state index in [0.29, 0.717) is 29.9 Å². The standard InChI is InChI=1S/C20H15N3O3/c24-20(18-7-3-5-14-4-1-2-6-17(14)18)22-11-10-21-13-15-12-16(23(25)26)8-9-19(15)22/h1-9,12-13H,10-11H2. The minimum atomic E-state index is -0.449. The fourth-order valence-corrected chi connectivity index (χ4v) is 3.21. The number of hydrogen-bond acceptors (Lipinski definition) is 4. The molecule has 0 radical (unpaired) electrons. The first kappa shape index (κ1) is 16.0. The lowest BCUT2D eigenvalue weighted by atomic mass is 10.0. The van der Waals surface area contributed by atoms with Crippen LogP contribution in [0.1, 0.15) is 15.9 Å². The van der Waals surface area contributed by atoms with Crippen molar-refractivity contribution in [2.24, 2.45) is 4.99 Å². The zero-order chi connectivity index (χ0) is 18.1. The van der Waals surface area contributed by atoms with Crippen molar-refractivity contribution in [1.29, 1.82) is 0 Å². The minimum Gasteiger partial charge on any atom is -0.306 e. The van der Waals surface area contributed by atoms with Crippen LogP contribution < -0.4 is 4.90 Å². The zero-order valence-corrected chi connectivity index (χ0v) is 13.8. The van der Waals surface area contributed by atoms with E-state index in [2.05, 4.69) is 4.99 Å². The predicted octanol–water partition coefficient (Wildman–Crippen LogP) is 3.83. The predicted molar refractivity (Wildman–Crippen MR) is 101 cm³/mol. The van der Waals surface area contributed by atoms with Crippen LogP contribution in [0, 0.1) is 10.1 Å². The largest absolute Gasteiger partial charge is 0.306 e. The molecule has 0 fully saturated rings. The van der Waals surface area contributed by atoms with Gasteiger partial charge in [0.25, 0.3) is 11.6 Å². The molecule has 1 aliphatic rings. The molecule has 0 spiro atoms. The van der Waals surface area contributed by atoms with Gasteiger partial charge in [0.05, 0.1) is 17.2 Å². The maximum Gasteiger partial charge on any atom is 0.270 e. The van der Waals surface area contributed by atoms with Gasteiger partial charge in [0.15, 0.2) is 0 Å². The molecule has 0 saturated carbocycles. The van der Waals surface area contributed by atoms with Crippen LogP contribution in [0.4, 0.5) is 11.4 Å². The Morgan fingerprint density at radius 1 is 1.08 bits per heavy atom. The van der Waals surface area contributed by atoms with Crippen LogP contribution in [0.3, 0.4) is 0 Å². The molecule has 26 heavy (non-hydrogen) atoms. The molecule has 1 aliphatic heterocycles. The van der Waals surface area contributed by atoms with Gasteiger partial charge < -0.3 is 4.90 Å². The average molecular weight is 345 g/mol. The maximum absolute atomic E-state index is 13.3. The molecule has 0 atom stereocenters.